The van der Waals surface area contributed by atoms with E-state index in [0.29, 0.717) is 13.0 Å². The fraction of sp³-hybridized carbons (Fsp3) is 0.750. The molecule has 0 bridgehead atoms. The summed E-state index contributed by atoms with van der Waals surface area (Å²) >= 11 is 0. The molecule has 0 rings (SSSR count). The van der Waals surface area contributed by atoms with Gasteiger partial charge in [-0.1, -0.05) is 31.6 Å². The van der Waals surface area contributed by atoms with E-state index in [9.17, 15) is 15.3 Å². The normalized spacial score (nSPS) is 14.8. The minimum atomic E-state index is -1.41. The van der Waals surface area contributed by atoms with E-state index in [1.54, 1.807) is 6.92 Å². The molecule has 0 saturated heterocycles. The van der Waals surface area contributed by atoms with Gasteiger partial charge in [-0.15, -0.1) is 6.58 Å². The topological polar surface area (TPSA) is 63.9 Å². The summed E-state index contributed by atoms with van der Waals surface area (Å²) in [5.74, 6) is 0. The van der Waals surface area contributed by atoms with Crippen molar-refractivity contribution in [2.24, 2.45) is 0 Å². The molecule has 3 N–H and O–H groups in total. The summed E-state index contributed by atoms with van der Waals surface area (Å²) in [6.45, 7) is 11.9. The van der Waals surface area contributed by atoms with Gasteiger partial charge in [-0.3, -0.25) is 4.90 Å². The average Bonchev–Trinajstić information content (AvgIpc) is 2.38. The van der Waals surface area contributed by atoms with Crippen LogP contribution in [0.15, 0.2) is 24.3 Å². The van der Waals surface area contributed by atoms with E-state index in [-0.39, 0.29) is 6.10 Å². The van der Waals surface area contributed by atoms with Gasteiger partial charge in [-0.05, 0) is 40.2 Å². The molecule has 0 amide bonds. The molecular weight excluding hydrogens is 254 g/mol. The van der Waals surface area contributed by atoms with Crippen LogP contribution in [0.5, 0.6) is 0 Å². The molecule has 0 aromatic carbocycles. The van der Waals surface area contributed by atoms with Crippen molar-refractivity contribution in [2.75, 3.05) is 13.6 Å². The van der Waals surface area contributed by atoms with E-state index in [1.165, 1.54) is 0 Å². The Labute approximate surface area is 124 Å². The van der Waals surface area contributed by atoms with Crippen molar-refractivity contribution in [3.05, 3.63) is 24.3 Å². The Kier molecular flexibility index (Phi) is 14.4. The van der Waals surface area contributed by atoms with Gasteiger partial charge in [0.25, 0.3) is 0 Å². The first-order valence-electron chi connectivity index (χ1n) is 7.42. The molecule has 4 nitrogen and oxygen atoms in total. The minimum Gasteiger partial charge on any atom is -0.393 e. The van der Waals surface area contributed by atoms with E-state index >= 15 is 0 Å². The monoisotopic (exact) mass is 287 g/mol. The number of nitrogens with zero attached hydrogens (tertiary/aromatic N) is 1. The standard InChI is InChI=1S/C14H27NO3.C2H6/c1-5-6-7-8-11(2)13(14(17)18)15(4)10-9-12(3)16;1-2/h5,8,12-14,16-18H,1,6-7,9-10H2,2-4H3;1-2H3/b11-8+;. The molecule has 0 saturated carbocycles. The summed E-state index contributed by atoms with van der Waals surface area (Å²) in [5.41, 5.74) is 0.931. The van der Waals surface area contributed by atoms with Crippen molar-refractivity contribution < 1.29 is 15.3 Å². The fourth-order valence-corrected chi connectivity index (χ4v) is 1.89. The van der Waals surface area contributed by atoms with Crippen molar-refractivity contribution in [1.29, 1.82) is 0 Å². The smallest absolute Gasteiger partial charge is 0.171 e. The molecular formula is C16H33NO3. The second-order valence-electron chi connectivity index (χ2n) is 4.79. The molecule has 0 heterocycles. The lowest BCUT2D eigenvalue weighted by Gasteiger charge is -2.30. The molecule has 0 aliphatic carbocycles. The highest BCUT2D eigenvalue weighted by Gasteiger charge is 2.23. The van der Waals surface area contributed by atoms with Crippen LogP contribution >= 0.6 is 0 Å². The fourth-order valence-electron chi connectivity index (χ4n) is 1.89. The van der Waals surface area contributed by atoms with Crippen LogP contribution in [0, 0.1) is 0 Å². The molecule has 4 heteroatoms. The van der Waals surface area contributed by atoms with Crippen LogP contribution < -0.4 is 0 Å². The summed E-state index contributed by atoms with van der Waals surface area (Å²) in [6, 6.07) is -0.423. The summed E-state index contributed by atoms with van der Waals surface area (Å²) in [4.78, 5) is 1.86. The lowest BCUT2D eigenvalue weighted by atomic mass is 10.0. The second-order valence-corrected chi connectivity index (χ2v) is 4.79. The Balaban J connectivity index is 0. The first-order valence-corrected chi connectivity index (χ1v) is 7.42. The lowest BCUT2D eigenvalue weighted by molar-refractivity contribution is -0.0854. The molecule has 0 fully saturated rings. The van der Waals surface area contributed by atoms with Crippen LogP contribution in [0.25, 0.3) is 0 Å². The third kappa shape index (κ3) is 10.1. The summed E-state index contributed by atoms with van der Waals surface area (Å²) < 4.78 is 0. The highest BCUT2D eigenvalue weighted by Crippen LogP contribution is 2.14. The van der Waals surface area contributed by atoms with Gasteiger partial charge in [0.1, 0.15) is 0 Å². The second kappa shape index (κ2) is 13.3. The Morgan fingerprint density at radius 2 is 1.75 bits per heavy atom. The molecule has 0 aromatic rings. The molecule has 120 valence electrons. The predicted octanol–water partition coefficient (Wildman–Crippen LogP) is 2.31. The highest BCUT2D eigenvalue weighted by molar-refractivity contribution is 5.09. The van der Waals surface area contributed by atoms with Crippen LogP contribution in [0.3, 0.4) is 0 Å². The zero-order chi connectivity index (χ0) is 16.1. The Morgan fingerprint density at radius 1 is 1.20 bits per heavy atom. The van der Waals surface area contributed by atoms with Crippen molar-refractivity contribution in [2.45, 2.75) is 65.4 Å². The van der Waals surface area contributed by atoms with Crippen LogP contribution in [0.2, 0.25) is 0 Å². The molecule has 0 aliphatic heterocycles. The van der Waals surface area contributed by atoms with Crippen LogP contribution in [-0.4, -0.2) is 52.2 Å². The number of likely N-dealkylation sites (N-methyl/N-ethyl adjacent to an activating group) is 1. The van der Waals surface area contributed by atoms with E-state index in [1.807, 2.05) is 44.9 Å². The van der Waals surface area contributed by atoms with Crippen LogP contribution in [-0.2, 0) is 0 Å². The number of aliphatic hydroxyl groups excluding tert-OH is 2. The molecule has 2 atom stereocenters. The largest absolute Gasteiger partial charge is 0.393 e. The van der Waals surface area contributed by atoms with Crippen LogP contribution in [0.1, 0.15) is 47.0 Å². The number of hydrogen-bond acceptors (Lipinski definition) is 4. The van der Waals surface area contributed by atoms with Gasteiger partial charge in [0.15, 0.2) is 6.29 Å². The minimum absolute atomic E-state index is 0.381. The third-order valence-corrected chi connectivity index (χ3v) is 2.96. The summed E-state index contributed by atoms with van der Waals surface area (Å²) in [5, 5.41) is 28.2. The van der Waals surface area contributed by atoms with Gasteiger partial charge in [0, 0.05) is 6.54 Å². The Hall–Kier alpha value is -0.680. The van der Waals surface area contributed by atoms with Crippen molar-refractivity contribution in [3.63, 3.8) is 0 Å². The molecule has 0 spiro atoms. The van der Waals surface area contributed by atoms with Gasteiger partial charge in [-0.25, -0.2) is 0 Å². The maximum atomic E-state index is 9.47. The Morgan fingerprint density at radius 3 is 2.15 bits per heavy atom. The predicted molar refractivity (Wildman–Crippen MR) is 85.5 cm³/mol. The SMILES string of the molecule is C=CCC/C=C(\C)C(C(O)O)N(C)CCC(C)O.CC. The summed E-state index contributed by atoms with van der Waals surface area (Å²) in [6.07, 6.45) is 4.39. The van der Waals surface area contributed by atoms with Gasteiger partial charge in [0.2, 0.25) is 0 Å². The number of rotatable bonds is 9. The van der Waals surface area contributed by atoms with Gasteiger partial charge in [-0.2, -0.15) is 0 Å². The molecule has 0 aliphatic rings. The zero-order valence-corrected chi connectivity index (χ0v) is 13.7. The van der Waals surface area contributed by atoms with Gasteiger partial charge < -0.3 is 15.3 Å². The van der Waals surface area contributed by atoms with Crippen molar-refractivity contribution in [3.8, 4) is 0 Å². The quantitative estimate of drug-likeness (QED) is 0.346. The summed E-state index contributed by atoms with van der Waals surface area (Å²) in [7, 11) is 1.83. The molecule has 0 aromatic heterocycles. The third-order valence-electron chi connectivity index (χ3n) is 2.96. The Bertz CT molecular complexity index is 262. The highest BCUT2D eigenvalue weighted by atomic mass is 16.5. The number of allylic oxidation sites excluding steroid dienone is 2. The van der Waals surface area contributed by atoms with Gasteiger partial charge in [0.05, 0.1) is 12.1 Å². The van der Waals surface area contributed by atoms with Gasteiger partial charge >= 0.3 is 0 Å². The van der Waals surface area contributed by atoms with Crippen LogP contribution in [0.4, 0.5) is 0 Å². The average molecular weight is 287 g/mol. The number of unbranched alkanes of at least 4 members (excludes halogenated alkanes) is 1. The van der Waals surface area contributed by atoms with Crippen molar-refractivity contribution in [1.82, 2.24) is 4.90 Å². The molecule has 2 unspecified atom stereocenters. The number of aliphatic hydroxyl groups is 3. The van der Waals surface area contributed by atoms with Crippen molar-refractivity contribution >= 4 is 0 Å². The number of hydrogen-bond donors (Lipinski definition) is 3. The first kappa shape index (κ1) is 21.6. The lowest BCUT2D eigenvalue weighted by Crippen LogP contribution is -2.43. The first-order chi connectivity index (χ1) is 9.40. The van der Waals surface area contributed by atoms with E-state index < -0.39 is 12.3 Å². The maximum Gasteiger partial charge on any atom is 0.171 e. The van der Waals surface area contributed by atoms with E-state index in [2.05, 4.69) is 6.58 Å². The maximum absolute atomic E-state index is 9.47. The zero-order valence-electron chi connectivity index (χ0n) is 13.7. The molecule has 0 radical (unpaired) electrons. The van der Waals surface area contributed by atoms with E-state index in [4.69, 9.17) is 0 Å². The molecule has 20 heavy (non-hydrogen) atoms. The van der Waals surface area contributed by atoms with E-state index in [0.717, 1.165) is 18.4 Å².